The van der Waals surface area contributed by atoms with Crippen molar-refractivity contribution in [1.82, 2.24) is 9.47 Å². The van der Waals surface area contributed by atoms with Crippen molar-refractivity contribution in [3.05, 3.63) is 48.0 Å². The van der Waals surface area contributed by atoms with Crippen molar-refractivity contribution in [2.45, 2.75) is 39.1 Å². The number of aryl methyl sites for hydroxylation is 1. The molecule has 0 spiro atoms. The Kier molecular flexibility index (Phi) is 5.30. The summed E-state index contributed by atoms with van der Waals surface area (Å²) in [5.41, 5.74) is 3.53. The lowest BCUT2D eigenvalue weighted by Gasteiger charge is -2.28. The minimum Gasteiger partial charge on any atom is -0.468 e. The van der Waals surface area contributed by atoms with Crippen LogP contribution in [0.15, 0.2) is 42.5 Å². The summed E-state index contributed by atoms with van der Waals surface area (Å²) in [4.78, 5) is 13.8. The molecule has 3 aromatic rings. The average Bonchev–Trinajstić information content (AvgIpc) is 2.94. The van der Waals surface area contributed by atoms with Gasteiger partial charge in [0.2, 0.25) is 0 Å². The maximum absolute atomic E-state index is 12.0. The lowest BCUT2D eigenvalue weighted by molar-refractivity contribution is -0.150. The number of carbonyl (C=O) groups excluding carboxylic acids is 1. The van der Waals surface area contributed by atoms with Crippen molar-refractivity contribution < 1.29 is 14.6 Å². The third-order valence-electron chi connectivity index (χ3n) is 4.96. The predicted octanol–water partition coefficient (Wildman–Crippen LogP) is 3.17. The molecule has 0 aliphatic rings. The van der Waals surface area contributed by atoms with E-state index in [1.807, 2.05) is 11.9 Å². The average molecular weight is 354 g/mol. The molecule has 5 heteroatoms. The van der Waals surface area contributed by atoms with Gasteiger partial charge in [0, 0.05) is 34.9 Å². The summed E-state index contributed by atoms with van der Waals surface area (Å²) in [6, 6.07) is 14.1. The highest BCUT2D eigenvalue weighted by atomic mass is 16.5. The largest absolute Gasteiger partial charge is 0.468 e. The molecule has 138 valence electrons. The number of methoxy groups -OCH3 is 1. The molecule has 0 amide bonds. The van der Waals surface area contributed by atoms with E-state index in [-0.39, 0.29) is 0 Å². The highest BCUT2D eigenvalue weighted by Gasteiger charge is 2.29. The summed E-state index contributed by atoms with van der Waals surface area (Å²) in [7, 11) is 3.17. The highest BCUT2D eigenvalue weighted by Crippen LogP contribution is 2.30. The maximum atomic E-state index is 12.0. The first-order chi connectivity index (χ1) is 12.5. The summed E-state index contributed by atoms with van der Waals surface area (Å²) in [5, 5.41) is 12.4. The van der Waals surface area contributed by atoms with Gasteiger partial charge in [-0.3, -0.25) is 9.69 Å². The molecule has 0 fully saturated rings. The molecule has 1 aromatic heterocycles. The van der Waals surface area contributed by atoms with Crippen LogP contribution in [0.1, 0.15) is 19.4 Å². The number of para-hydroxylation sites is 1. The number of nitrogens with zero attached hydrogens (tertiary/aromatic N) is 2. The van der Waals surface area contributed by atoms with Gasteiger partial charge >= 0.3 is 5.97 Å². The van der Waals surface area contributed by atoms with Crippen molar-refractivity contribution in [1.29, 1.82) is 0 Å². The maximum Gasteiger partial charge on any atom is 0.325 e. The summed E-state index contributed by atoms with van der Waals surface area (Å²) in [5.74, 6) is -0.425. The first kappa shape index (κ1) is 18.4. The first-order valence-corrected chi connectivity index (χ1v) is 8.94. The van der Waals surface area contributed by atoms with Crippen LogP contribution in [0.4, 0.5) is 0 Å². The monoisotopic (exact) mass is 354 g/mol. The second-order valence-electron chi connectivity index (χ2n) is 6.74. The zero-order valence-electron chi connectivity index (χ0n) is 15.8. The van der Waals surface area contributed by atoms with Crippen LogP contribution in [0.3, 0.4) is 0 Å². The van der Waals surface area contributed by atoms with E-state index in [4.69, 9.17) is 4.74 Å². The number of esters is 1. The molecule has 0 saturated carbocycles. The molecule has 2 unspecified atom stereocenters. The Morgan fingerprint density at radius 1 is 1.19 bits per heavy atom. The normalized spacial score (nSPS) is 14.1. The second kappa shape index (κ2) is 7.48. The molecule has 0 aliphatic carbocycles. The zero-order valence-corrected chi connectivity index (χ0v) is 15.8. The molecular formula is C21H26N2O3. The van der Waals surface area contributed by atoms with E-state index in [1.54, 1.807) is 6.92 Å². The predicted molar refractivity (Wildman–Crippen MR) is 104 cm³/mol. The molecule has 5 nitrogen and oxygen atoms in total. The van der Waals surface area contributed by atoms with E-state index in [9.17, 15) is 9.90 Å². The lowest BCUT2D eigenvalue weighted by atomic mass is 10.1. The first-order valence-electron chi connectivity index (χ1n) is 8.94. The SMILES string of the molecule is CCn1c2ccccc2c2cc(CN(C)C(C(=O)OC)C(C)O)ccc21. The Hall–Kier alpha value is -2.37. The summed E-state index contributed by atoms with van der Waals surface area (Å²) in [6.45, 7) is 5.22. The summed E-state index contributed by atoms with van der Waals surface area (Å²) in [6.07, 6.45) is -0.807. The standard InChI is InChI=1S/C21H26N2O3/c1-5-23-18-9-7-6-8-16(18)17-12-15(10-11-19(17)23)13-22(3)20(14(2)24)21(25)26-4/h6-12,14,20,24H,5,13H2,1-4H3. The van der Waals surface area contributed by atoms with Crippen LogP contribution in [-0.2, 0) is 22.6 Å². The molecule has 2 aromatic carbocycles. The highest BCUT2D eigenvalue weighted by molar-refractivity contribution is 6.08. The van der Waals surface area contributed by atoms with Gasteiger partial charge in [-0.05, 0) is 44.7 Å². The Morgan fingerprint density at radius 3 is 2.54 bits per heavy atom. The van der Waals surface area contributed by atoms with E-state index >= 15 is 0 Å². The van der Waals surface area contributed by atoms with E-state index in [0.717, 1.165) is 12.1 Å². The second-order valence-corrected chi connectivity index (χ2v) is 6.74. The van der Waals surface area contributed by atoms with Gasteiger partial charge in [-0.1, -0.05) is 24.3 Å². The van der Waals surface area contributed by atoms with Crippen LogP contribution in [0, 0.1) is 0 Å². The Bertz CT molecular complexity index is 930. The van der Waals surface area contributed by atoms with E-state index in [0.29, 0.717) is 6.54 Å². The fourth-order valence-electron chi connectivity index (χ4n) is 3.79. The van der Waals surface area contributed by atoms with Crippen molar-refractivity contribution in [2.75, 3.05) is 14.2 Å². The number of ether oxygens (including phenoxy) is 1. The molecule has 0 radical (unpaired) electrons. The number of carbonyl (C=O) groups is 1. The third-order valence-corrected chi connectivity index (χ3v) is 4.96. The minimum atomic E-state index is -0.807. The van der Waals surface area contributed by atoms with Gasteiger partial charge in [-0.2, -0.15) is 0 Å². The number of fused-ring (bicyclic) bond motifs is 3. The van der Waals surface area contributed by atoms with Crippen LogP contribution >= 0.6 is 0 Å². The number of aromatic nitrogens is 1. The Morgan fingerprint density at radius 2 is 1.88 bits per heavy atom. The molecule has 3 rings (SSSR count). The fraction of sp³-hybridized carbons (Fsp3) is 0.381. The quantitative estimate of drug-likeness (QED) is 0.691. The third kappa shape index (κ3) is 3.20. The zero-order chi connectivity index (χ0) is 18.8. The van der Waals surface area contributed by atoms with Crippen molar-refractivity contribution in [2.24, 2.45) is 0 Å². The smallest absolute Gasteiger partial charge is 0.325 e. The number of benzene rings is 2. The summed E-state index contributed by atoms with van der Waals surface area (Å²) >= 11 is 0. The van der Waals surface area contributed by atoms with Crippen LogP contribution in [0.25, 0.3) is 21.8 Å². The molecule has 1 N–H and O–H groups in total. The number of hydrogen-bond donors (Lipinski definition) is 1. The Balaban J connectivity index is 1.99. The molecule has 0 saturated heterocycles. The van der Waals surface area contributed by atoms with Gasteiger partial charge < -0.3 is 14.4 Å². The van der Waals surface area contributed by atoms with Crippen molar-refractivity contribution >= 4 is 27.8 Å². The number of hydrogen-bond acceptors (Lipinski definition) is 4. The van der Waals surface area contributed by atoms with E-state index in [2.05, 4.69) is 54.0 Å². The minimum absolute atomic E-state index is 0.425. The van der Waals surface area contributed by atoms with Crippen LogP contribution in [0.2, 0.25) is 0 Å². The molecule has 0 aliphatic heterocycles. The van der Waals surface area contributed by atoms with Gasteiger partial charge in [0.25, 0.3) is 0 Å². The molecule has 1 heterocycles. The van der Waals surface area contributed by atoms with Gasteiger partial charge in [-0.15, -0.1) is 0 Å². The van der Waals surface area contributed by atoms with Gasteiger partial charge in [-0.25, -0.2) is 0 Å². The van der Waals surface area contributed by atoms with Crippen LogP contribution in [0.5, 0.6) is 0 Å². The summed E-state index contributed by atoms with van der Waals surface area (Å²) < 4.78 is 7.15. The molecule has 26 heavy (non-hydrogen) atoms. The van der Waals surface area contributed by atoms with Gasteiger partial charge in [0.05, 0.1) is 13.2 Å². The number of likely N-dealkylation sites (N-methyl/N-ethyl adjacent to an activating group) is 1. The molecule has 2 atom stereocenters. The fourth-order valence-corrected chi connectivity index (χ4v) is 3.79. The van der Waals surface area contributed by atoms with E-state index < -0.39 is 18.1 Å². The van der Waals surface area contributed by atoms with Crippen LogP contribution < -0.4 is 0 Å². The van der Waals surface area contributed by atoms with Crippen LogP contribution in [-0.4, -0.2) is 46.8 Å². The number of aliphatic hydroxyl groups is 1. The number of rotatable bonds is 6. The Labute approximate surface area is 153 Å². The molecule has 0 bridgehead atoms. The van der Waals surface area contributed by atoms with Crippen molar-refractivity contribution in [3.8, 4) is 0 Å². The molecular weight excluding hydrogens is 328 g/mol. The van der Waals surface area contributed by atoms with Gasteiger partial charge in [0.15, 0.2) is 0 Å². The topological polar surface area (TPSA) is 54.7 Å². The number of aliphatic hydroxyl groups excluding tert-OH is 1. The van der Waals surface area contributed by atoms with Gasteiger partial charge in [0.1, 0.15) is 6.04 Å². The van der Waals surface area contributed by atoms with Crippen molar-refractivity contribution in [3.63, 3.8) is 0 Å². The van der Waals surface area contributed by atoms with E-state index in [1.165, 1.54) is 28.9 Å². The lowest BCUT2D eigenvalue weighted by Crippen LogP contribution is -2.46.